The van der Waals surface area contributed by atoms with E-state index in [0.717, 1.165) is 17.0 Å². The molecule has 6 nitrogen and oxygen atoms in total. The highest BCUT2D eigenvalue weighted by atomic mass is 32.1. The van der Waals surface area contributed by atoms with Gasteiger partial charge in [-0.05, 0) is 25.1 Å². The predicted molar refractivity (Wildman–Crippen MR) is 83.4 cm³/mol. The van der Waals surface area contributed by atoms with Gasteiger partial charge in [-0.1, -0.05) is 0 Å². The molecule has 0 atom stereocenters. The molecule has 1 aliphatic rings. The SMILES string of the molecule is CCOCCC(=O)Nc1nc(-c2ccc3c(c2)OCO3)cs1. The lowest BCUT2D eigenvalue weighted by Crippen LogP contribution is -2.13. The standard InChI is InChI=1S/C15H16N2O4S/c1-2-19-6-5-14(18)17-15-16-11(8-22-15)10-3-4-12-13(7-10)21-9-20-12/h3-4,7-8H,2,5-6,9H2,1H3,(H,16,17,18). The van der Waals surface area contributed by atoms with Gasteiger partial charge in [-0.25, -0.2) is 4.98 Å². The smallest absolute Gasteiger partial charge is 0.231 e. The summed E-state index contributed by atoms with van der Waals surface area (Å²) in [6.07, 6.45) is 0.326. The van der Waals surface area contributed by atoms with Crippen LogP contribution in [0.15, 0.2) is 23.6 Å². The monoisotopic (exact) mass is 320 g/mol. The van der Waals surface area contributed by atoms with Crippen LogP contribution in [0.25, 0.3) is 11.3 Å². The number of aromatic nitrogens is 1. The molecule has 3 rings (SSSR count). The van der Waals surface area contributed by atoms with E-state index < -0.39 is 0 Å². The molecule has 2 aromatic rings. The van der Waals surface area contributed by atoms with E-state index in [4.69, 9.17) is 14.2 Å². The summed E-state index contributed by atoms with van der Waals surface area (Å²) in [7, 11) is 0. The first-order chi connectivity index (χ1) is 10.8. The van der Waals surface area contributed by atoms with Crippen molar-refractivity contribution in [1.82, 2.24) is 4.98 Å². The highest BCUT2D eigenvalue weighted by Gasteiger charge is 2.15. The van der Waals surface area contributed by atoms with Gasteiger partial charge in [-0.3, -0.25) is 4.79 Å². The molecule has 1 aromatic carbocycles. The molecule has 0 unspecified atom stereocenters. The summed E-state index contributed by atoms with van der Waals surface area (Å²) >= 11 is 1.39. The molecule has 0 fully saturated rings. The van der Waals surface area contributed by atoms with Crippen LogP contribution in [0.4, 0.5) is 5.13 Å². The van der Waals surface area contributed by atoms with Gasteiger partial charge in [-0.15, -0.1) is 11.3 Å². The molecule has 1 aliphatic heterocycles. The highest BCUT2D eigenvalue weighted by Crippen LogP contribution is 2.36. The summed E-state index contributed by atoms with van der Waals surface area (Å²) in [5.74, 6) is 1.36. The summed E-state index contributed by atoms with van der Waals surface area (Å²) in [6, 6.07) is 5.67. The van der Waals surface area contributed by atoms with Crippen LogP contribution < -0.4 is 14.8 Å². The zero-order chi connectivity index (χ0) is 15.4. The van der Waals surface area contributed by atoms with Gasteiger partial charge in [0, 0.05) is 17.6 Å². The minimum atomic E-state index is -0.0972. The molecule has 7 heteroatoms. The topological polar surface area (TPSA) is 69.7 Å². The average Bonchev–Trinajstić information content (AvgIpc) is 3.15. The van der Waals surface area contributed by atoms with Crippen molar-refractivity contribution in [3.8, 4) is 22.8 Å². The zero-order valence-corrected chi connectivity index (χ0v) is 12.9. The first-order valence-electron chi connectivity index (χ1n) is 6.99. The third kappa shape index (κ3) is 3.37. The molecule has 1 amide bonds. The van der Waals surface area contributed by atoms with Gasteiger partial charge < -0.3 is 19.5 Å². The number of amides is 1. The number of anilines is 1. The fourth-order valence-corrected chi connectivity index (χ4v) is 2.75. The molecule has 2 heterocycles. The number of benzene rings is 1. The molecule has 1 aromatic heterocycles. The number of nitrogens with one attached hydrogen (secondary N) is 1. The number of hydrogen-bond acceptors (Lipinski definition) is 6. The molecule has 0 aliphatic carbocycles. The maximum absolute atomic E-state index is 11.7. The Morgan fingerprint density at radius 3 is 3.14 bits per heavy atom. The maximum atomic E-state index is 11.7. The van der Waals surface area contributed by atoms with Crippen LogP contribution >= 0.6 is 11.3 Å². The molecule has 0 saturated carbocycles. The van der Waals surface area contributed by atoms with Crippen molar-refractivity contribution in [2.75, 3.05) is 25.3 Å². The molecule has 0 saturated heterocycles. The summed E-state index contributed by atoms with van der Waals surface area (Å²) in [6.45, 7) is 3.18. The van der Waals surface area contributed by atoms with E-state index in [1.165, 1.54) is 11.3 Å². The normalized spacial score (nSPS) is 12.4. The first kappa shape index (κ1) is 14.8. The fourth-order valence-electron chi connectivity index (χ4n) is 2.01. The summed E-state index contributed by atoms with van der Waals surface area (Å²) in [5.41, 5.74) is 1.72. The van der Waals surface area contributed by atoms with Crippen molar-refractivity contribution in [2.24, 2.45) is 0 Å². The van der Waals surface area contributed by atoms with E-state index in [1.54, 1.807) is 0 Å². The van der Waals surface area contributed by atoms with E-state index >= 15 is 0 Å². The Morgan fingerprint density at radius 1 is 1.41 bits per heavy atom. The maximum Gasteiger partial charge on any atom is 0.231 e. The van der Waals surface area contributed by atoms with E-state index in [0.29, 0.717) is 30.5 Å². The van der Waals surface area contributed by atoms with Gasteiger partial charge in [-0.2, -0.15) is 0 Å². The summed E-state index contributed by atoms with van der Waals surface area (Å²) in [5, 5.41) is 5.25. The molecule has 0 bridgehead atoms. The molecule has 116 valence electrons. The Balaban J connectivity index is 1.65. The molecule has 0 radical (unpaired) electrons. The summed E-state index contributed by atoms with van der Waals surface area (Å²) < 4.78 is 15.8. The van der Waals surface area contributed by atoms with Gasteiger partial charge in [0.1, 0.15) is 0 Å². The lowest BCUT2D eigenvalue weighted by molar-refractivity contribution is -0.117. The minimum absolute atomic E-state index is 0.0972. The number of rotatable bonds is 6. The van der Waals surface area contributed by atoms with Crippen molar-refractivity contribution >= 4 is 22.4 Å². The predicted octanol–water partition coefficient (Wildman–Crippen LogP) is 2.90. The number of carbonyl (C=O) groups excluding carboxylic acids is 1. The van der Waals surface area contributed by atoms with Crippen molar-refractivity contribution in [1.29, 1.82) is 0 Å². The van der Waals surface area contributed by atoms with Crippen molar-refractivity contribution in [3.05, 3.63) is 23.6 Å². The number of thiazole rings is 1. The van der Waals surface area contributed by atoms with Gasteiger partial charge in [0.2, 0.25) is 12.7 Å². The largest absolute Gasteiger partial charge is 0.454 e. The van der Waals surface area contributed by atoms with Crippen molar-refractivity contribution < 1.29 is 19.0 Å². The van der Waals surface area contributed by atoms with Crippen molar-refractivity contribution in [3.63, 3.8) is 0 Å². The number of ether oxygens (including phenoxy) is 3. The Labute approximate surface area is 132 Å². The lowest BCUT2D eigenvalue weighted by Gasteiger charge is -2.02. The van der Waals surface area contributed by atoms with E-state index in [9.17, 15) is 4.79 Å². The van der Waals surface area contributed by atoms with Crippen LogP contribution in [0.5, 0.6) is 11.5 Å². The second-order valence-corrected chi connectivity index (χ2v) is 5.46. The van der Waals surface area contributed by atoms with E-state index in [-0.39, 0.29) is 12.7 Å². The first-order valence-corrected chi connectivity index (χ1v) is 7.87. The Kier molecular flexibility index (Phi) is 4.55. The number of carbonyl (C=O) groups is 1. The van der Waals surface area contributed by atoms with E-state index in [2.05, 4.69) is 10.3 Å². The second-order valence-electron chi connectivity index (χ2n) is 4.60. The molecule has 22 heavy (non-hydrogen) atoms. The molecule has 1 N–H and O–H groups in total. The van der Waals surface area contributed by atoms with E-state index in [1.807, 2.05) is 30.5 Å². The van der Waals surface area contributed by atoms with Crippen LogP contribution in [0.3, 0.4) is 0 Å². The summed E-state index contributed by atoms with van der Waals surface area (Å²) in [4.78, 5) is 16.1. The third-order valence-electron chi connectivity index (χ3n) is 3.10. The van der Waals surface area contributed by atoms with Gasteiger partial charge in [0.15, 0.2) is 16.6 Å². The molecule has 0 spiro atoms. The Bertz CT molecular complexity index is 671. The fraction of sp³-hybridized carbons (Fsp3) is 0.333. The van der Waals surface area contributed by atoms with Crippen LogP contribution in [0, 0.1) is 0 Å². The third-order valence-corrected chi connectivity index (χ3v) is 3.85. The zero-order valence-electron chi connectivity index (χ0n) is 12.1. The Hall–Kier alpha value is -2.12. The van der Waals surface area contributed by atoms with Gasteiger partial charge in [0.05, 0.1) is 18.7 Å². The lowest BCUT2D eigenvalue weighted by atomic mass is 10.1. The number of fused-ring (bicyclic) bond motifs is 1. The number of hydrogen-bond donors (Lipinski definition) is 1. The molecular formula is C15H16N2O4S. The Morgan fingerprint density at radius 2 is 2.27 bits per heavy atom. The van der Waals surface area contributed by atoms with Crippen LogP contribution in [-0.2, 0) is 9.53 Å². The van der Waals surface area contributed by atoms with Crippen molar-refractivity contribution in [2.45, 2.75) is 13.3 Å². The minimum Gasteiger partial charge on any atom is -0.454 e. The van der Waals surface area contributed by atoms with Gasteiger partial charge >= 0.3 is 0 Å². The quantitative estimate of drug-likeness (QED) is 0.829. The van der Waals surface area contributed by atoms with Gasteiger partial charge in [0.25, 0.3) is 0 Å². The van der Waals surface area contributed by atoms with Crippen LogP contribution in [-0.4, -0.2) is 30.9 Å². The van der Waals surface area contributed by atoms with Crippen LogP contribution in [0.1, 0.15) is 13.3 Å². The second kappa shape index (κ2) is 6.76. The highest BCUT2D eigenvalue weighted by molar-refractivity contribution is 7.14. The number of nitrogens with zero attached hydrogens (tertiary/aromatic N) is 1. The average molecular weight is 320 g/mol. The molecular weight excluding hydrogens is 304 g/mol. The van der Waals surface area contributed by atoms with Crippen LogP contribution in [0.2, 0.25) is 0 Å².